The van der Waals surface area contributed by atoms with Gasteiger partial charge >= 0.3 is 0 Å². The summed E-state index contributed by atoms with van der Waals surface area (Å²) >= 11 is 11.9. The van der Waals surface area contributed by atoms with E-state index >= 15 is 0 Å². The van der Waals surface area contributed by atoms with Gasteiger partial charge in [-0.05, 0) is 48.2 Å². The van der Waals surface area contributed by atoms with Crippen molar-refractivity contribution in [2.75, 3.05) is 11.9 Å². The number of anilines is 1. The lowest BCUT2D eigenvalue weighted by Crippen LogP contribution is -2.23. The van der Waals surface area contributed by atoms with Gasteiger partial charge in [-0.2, -0.15) is 0 Å². The molecular weight excluding hydrogens is 477 g/mol. The van der Waals surface area contributed by atoms with Gasteiger partial charge in [0.25, 0.3) is 11.5 Å². The van der Waals surface area contributed by atoms with Crippen molar-refractivity contribution >= 4 is 45.7 Å². The number of nitrogens with one attached hydrogen (secondary N) is 1. The van der Waals surface area contributed by atoms with Crippen LogP contribution in [0.3, 0.4) is 0 Å². The Balaban J connectivity index is 1.64. The molecule has 0 aliphatic heterocycles. The van der Waals surface area contributed by atoms with Crippen LogP contribution in [-0.2, 0) is 13.0 Å². The Morgan fingerprint density at radius 2 is 1.71 bits per heavy atom. The summed E-state index contributed by atoms with van der Waals surface area (Å²) in [4.78, 5) is 30.5. The Morgan fingerprint density at radius 1 is 1.03 bits per heavy atom. The molecule has 0 aliphatic carbocycles. The van der Waals surface area contributed by atoms with Crippen LogP contribution in [0.15, 0.2) is 65.7 Å². The molecule has 0 radical (unpaired) electrons. The smallest absolute Gasteiger partial charge is 0.263 e. The maximum absolute atomic E-state index is 13.3. The van der Waals surface area contributed by atoms with Crippen molar-refractivity contribution in [3.05, 3.63) is 98.0 Å². The van der Waals surface area contributed by atoms with E-state index in [1.807, 2.05) is 24.3 Å². The molecule has 34 heavy (non-hydrogen) atoms. The minimum Gasteiger partial charge on any atom is -0.505 e. The lowest BCUT2D eigenvalue weighted by Gasteiger charge is -2.12. The van der Waals surface area contributed by atoms with Gasteiger partial charge in [-0.1, -0.05) is 53.5 Å². The number of phenolic OH excluding ortho intramolecular Hbond substituents is 1. The zero-order valence-electron chi connectivity index (χ0n) is 18.0. The number of carbonyl (C=O) groups is 1. The van der Waals surface area contributed by atoms with Gasteiger partial charge in [0.1, 0.15) is 0 Å². The molecule has 0 saturated carbocycles. The van der Waals surface area contributed by atoms with Crippen molar-refractivity contribution in [1.29, 1.82) is 0 Å². The molecule has 0 spiro atoms. The second-order valence-electron chi connectivity index (χ2n) is 7.76. The molecule has 4 aromatic rings. The average molecular weight is 498 g/mol. The summed E-state index contributed by atoms with van der Waals surface area (Å²) in [5.74, 6) is -0.844. The van der Waals surface area contributed by atoms with Crippen LogP contribution >= 0.6 is 23.2 Å². The summed E-state index contributed by atoms with van der Waals surface area (Å²) in [6.07, 6.45) is 2.97. The molecule has 3 N–H and O–H groups in total. The Morgan fingerprint density at radius 3 is 2.38 bits per heavy atom. The molecule has 0 saturated heterocycles. The van der Waals surface area contributed by atoms with Crippen LogP contribution < -0.4 is 10.9 Å². The van der Waals surface area contributed by atoms with E-state index in [0.717, 1.165) is 17.5 Å². The number of fused-ring (bicyclic) bond motifs is 1. The summed E-state index contributed by atoms with van der Waals surface area (Å²) in [5.41, 5.74) is 2.61. The van der Waals surface area contributed by atoms with Gasteiger partial charge in [0.15, 0.2) is 5.75 Å². The number of amides is 1. The predicted octanol–water partition coefficient (Wildman–Crippen LogP) is 4.63. The maximum Gasteiger partial charge on any atom is 0.263 e. The number of aryl methyl sites for hydroxylation is 1. The molecule has 0 bridgehead atoms. The van der Waals surface area contributed by atoms with Gasteiger partial charge in [-0.15, -0.1) is 0 Å². The third kappa shape index (κ3) is 5.07. The minimum atomic E-state index is -0.537. The highest BCUT2D eigenvalue weighted by Crippen LogP contribution is 2.33. The van der Waals surface area contributed by atoms with Crippen molar-refractivity contribution in [3.8, 4) is 5.75 Å². The highest BCUT2D eigenvalue weighted by Gasteiger charge is 2.16. The Labute approximate surface area is 205 Å². The van der Waals surface area contributed by atoms with Gasteiger partial charge in [0.2, 0.25) is 0 Å². The zero-order chi connectivity index (χ0) is 24.2. The van der Waals surface area contributed by atoms with Gasteiger partial charge < -0.3 is 15.5 Å². The van der Waals surface area contributed by atoms with Crippen molar-refractivity contribution in [3.63, 3.8) is 0 Å². The SMILES string of the molecule is O=C(Nc1cccc2ncn(Cc3ccc(CCCO)cc3)c(=O)c12)c1cc(Cl)c(O)c(Cl)c1. The summed E-state index contributed by atoms with van der Waals surface area (Å²) < 4.78 is 1.48. The molecule has 1 amide bonds. The van der Waals surface area contributed by atoms with Crippen LogP contribution in [0.4, 0.5) is 5.69 Å². The fourth-order valence-electron chi connectivity index (χ4n) is 3.60. The molecule has 7 nitrogen and oxygen atoms in total. The predicted molar refractivity (Wildman–Crippen MR) is 133 cm³/mol. The quantitative estimate of drug-likeness (QED) is 0.345. The highest BCUT2D eigenvalue weighted by molar-refractivity contribution is 6.37. The number of hydrogen-bond donors (Lipinski definition) is 3. The molecule has 0 fully saturated rings. The van der Waals surface area contributed by atoms with E-state index in [4.69, 9.17) is 28.3 Å². The third-order valence-electron chi connectivity index (χ3n) is 5.38. The molecule has 4 rings (SSSR count). The van der Waals surface area contributed by atoms with Crippen molar-refractivity contribution in [1.82, 2.24) is 9.55 Å². The topological polar surface area (TPSA) is 104 Å². The lowest BCUT2D eigenvalue weighted by atomic mass is 10.1. The number of nitrogens with zero attached hydrogens (tertiary/aromatic N) is 2. The number of aliphatic hydroxyl groups is 1. The van der Waals surface area contributed by atoms with E-state index < -0.39 is 5.91 Å². The molecule has 9 heteroatoms. The van der Waals surface area contributed by atoms with Crippen molar-refractivity contribution in [2.45, 2.75) is 19.4 Å². The van der Waals surface area contributed by atoms with E-state index in [1.165, 1.54) is 23.0 Å². The number of carbonyl (C=O) groups excluding carboxylic acids is 1. The summed E-state index contributed by atoms with van der Waals surface area (Å²) in [5, 5.41) is 21.6. The number of benzene rings is 3. The Kier molecular flexibility index (Phi) is 7.17. The molecule has 0 aliphatic rings. The van der Waals surface area contributed by atoms with Crippen LogP contribution in [0.2, 0.25) is 10.0 Å². The Bertz CT molecular complexity index is 1400. The number of aromatic nitrogens is 2. The summed E-state index contributed by atoms with van der Waals surface area (Å²) in [6, 6.07) is 15.4. The molecule has 0 atom stereocenters. The van der Waals surface area contributed by atoms with E-state index in [9.17, 15) is 14.7 Å². The molecule has 3 aromatic carbocycles. The van der Waals surface area contributed by atoms with Crippen molar-refractivity contribution < 1.29 is 15.0 Å². The summed E-state index contributed by atoms with van der Waals surface area (Å²) in [7, 11) is 0. The second-order valence-corrected chi connectivity index (χ2v) is 8.58. The van der Waals surface area contributed by atoms with Crippen LogP contribution in [0.1, 0.15) is 27.9 Å². The lowest BCUT2D eigenvalue weighted by molar-refractivity contribution is 0.102. The Hall–Kier alpha value is -3.39. The number of phenols is 1. The molecular formula is C25H21Cl2N3O4. The number of rotatable bonds is 7. The number of halogens is 2. The zero-order valence-corrected chi connectivity index (χ0v) is 19.5. The number of aliphatic hydroxyl groups excluding tert-OH is 1. The number of hydrogen-bond acceptors (Lipinski definition) is 5. The van der Waals surface area contributed by atoms with Gasteiger partial charge in [-0.25, -0.2) is 4.98 Å². The first kappa shape index (κ1) is 23.8. The normalized spacial score (nSPS) is 11.0. The van der Waals surface area contributed by atoms with E-state index in [0.29, 0.717) is 24.2 Å². The first-order valence-corrected chi connectivity index (χ1v) is 11.3. The van der Waals surface area contributed by atoms with Gasteiger partial charge in [-0.3, -0.25) is 14.2 Å². The first-order valence-electron chi connectivity index (χ1n) is 10.5. The molecule has 1 heterocycles. The monoisotopic (exact) mass is 497 g/mol. The van der Waals surface area contributed by atoms with Crippen LogP contribution in [0.5, 0.6) is 5.75 Å². The van der Waals surface area contributed by atoms with Crippen LogP contribution in [0, 0.1) is 0 Å². The minimum absolute atomic E-state index is 0.0537. The molecule has 1 aromatic heterocycles. The second kappa shape index (κ2) is 10.3. The van der Waals surface area contributed by atoms with Gasteiger partial charge in [0.05, 0.1) is 39.5 Å². The maximum atomic E-state index is 13.3. The van der Waals surface area contributed by atoms with Crippen LogP contribution in [-0.4, -0.2) is 32.3 Å². The molecule has 0 unspecified atom stereocenters. The van der Waals surface area contributed by atoms with E-state index in [2.05, 4.69) is 10.3 Å². The number of aromatic hydroxyl groups is 1. The highest BCUT2D eigenvalue weighted by atomic mass is 35.5. The van der Waals surface area contributed by atoms with E-state index in [-0.39, 0.29) is 38.9 Å². The fraction of sp³-hybridized carbons (Fsp3) is 0.160. The summed E-state index contributed by atoms with van der Waals surface area (Å²) in [6.45, 7) is 0.457. The fourth-order valence-corrected chi connectivity index (χ4v) is 4.09. The third-order valence-corrected chi connectivity index (χ3v) is 5.96. The van der Waals surface area contributed by atoms with Crippen LogP contribution in [0.25, 0.3) is 10.9 Å². The molecule has 174 valence electrons. The standard InChI is InChI=1S/C25H21Cl2N3O4/c26-18-11-17(12-19(27)23(18)32)24(33)29-21-5-1-4-20-22(21)25(34)30(14-28-20)13-16-8-6-15(7-9-16)3-2-10-31/h1,4-9,11-12,14,31-32H,2-3,10,13H2,(H,29,33). The first-order chi connectivity index (χ1) is 16.4. The largest absolute Gasteiger partial charge is 0.505 e. The average Bonchev–Trinajstić information content (AvgIpc) is 2.83. The van der Waals surface area contributed by atoms with Gasteiger partial charge in [0, 0.05) is 12.2 Å². The van der Waals surface area contributed by atoms with Crippen molar-refractivity contribution in [2.24, 2.45) is 0 Å². The van der Waals surface area contributed by atoms with E-state index in [1.54, 1.807) is 18.2 Å².